The van der Waals surface area contributed by atoms with Gasteiger partial charge in [-0.2, -0.15) is 0 Å². The molecule has 1 aromatic carbocycles. The summed E-state index contributed by atoms with van der Waals surface area (Å²) in [5, 5.41) is 2.96. The molecular formula is C17H23BrClFN2O. The van der Waals surface area contributed by atoms with Gasteiger partial charge in [0.2, 0.25) is 5.91 Å². The molecule has 3 nitrogen and oxygen atoms in total. The number of rotatable bonds is 3. The van der Waals surface area contributed by atoms with Crippen LogP contribution in [0.1, 0.15) is 37.7 Å². The van der Waals surface area contributed by atoms with E-state index in [1.807, 2.05) is 6.07 Å². The number of amides is 1. The van der Waals surface area contributed by atoms with Crippen molar-refractivity contribution in [2.45, 2.75) is 44.7 Å². The van der Waals surface area contributed by atoms with E-state index in [4.69, 9.17) is 5.73 Å². The lowest BCUT2D eigenvalue weighted by atomic mass is 9.65. The molecule has 6 heteroatoms. The number of nitrogens with two attached hydrogens (primary N) is 1. The van der Waals surface area contributed by atoms with Gasteiger partial charge in [0.15, 0.2) is 0 Å². The maximum Gasteiger partial charge on any atom is 0.223 e. The lowest BCUT2D eigenvalue weighted by Crippen LogP contribution is -2.49. The van der Waals surface area contributed by atoms with Gasteiger partial charge in [-0.1, -0.05) is 22.4 Å². The SMILES string of the molecule is Cl.NC1C2CCCC1CC(C(=O)NCc1cc(F)cc(Br)c1)C2. The highest BCUT2D eigenvalue weighted by molar-refractivity contribution is 9.10. The Kier molecular flexibility index (Phi) is 6.46. The second kappa shape index (κ2) is 7.95. The van der Waals surface area contributed by atoms with Gasteiger partial charge in [0, 0.05) is 23.0 Å². The van der Waals surface area contributed by atoms with Crippen molar-refractivity contribution in [3.05, 3.63) is 34.1 Å². The van der Waals surface area contributed by atoms with Crippen LogP contribution in [0.2, 0.25) is 0 Å². The fourth-order valence-electron chi connectivity index (χ4n) is 4.05. The molecule has 2 aliphatic rings. The summed E-state index contributed by atoms with van der Waals surface area (Å²) in [5.74, 6) is 0.839. The summed E-state index contributed by atoms with van der Waals surface area (Å²) in [6, 6.07) is 4.97. The average Bonchev–Trinajstić information content (AvgIpc) is 2.43. The van der Waals surface area contributed by atoms with Crippen molar-refractivity contribution in [3.63, 3.8) is 0 Å². The van der Waals surface area contributed by atoms with Crippen LogP contribution in [0.5, 0.6) is 0 Å². The fourth-order valence-corrected chi connectivity index (χ4v) is 4.56. The number of carbonyl (C=O) groups excluding carboxylic acids is 1. The topological polar surface area (TPSA) is 55.1 Å². The van der Waals surface area contributed by atoms with Crippen LogP contribution in [0.3, 0.4) is 0 Å². The van der Waals surface area contributed by atoms with Crippen molar-refractivity contribution < 1.29 is 9.18 Å². The molecule has 3 rings (SSSR count). The Hall–Kier alpha value is -0.650. The quantitative estimate of drug-likeness (QED) is 0.804. The van der Waals surface area contributed by atoms with Crippen molar-refractivity contribution >= 4 is 34.2 Å². The van der Waals surface area contributed by atoms with Crippen LogP contribution in [0.25, 0.3) is 0 Å². The highest BCUT2D eigenvalue weighted by Gasteiger charge is 2.40. The van der Waals surface area contributed by atoms with E-state index in [1.54, 1.807) is 0 Å². The number of nitrogens with one attached hydrogen (secondary N) is 1. The van der Waals surface area contributed by atoms with E-state index in [1.165, 1.54) is 18.6 Å². The molecule has 0 radical (unpaired) electrons. The van der Waals surface area contributed by atoms with E-state index >= 15 is 0 Å². The van der Waals surface area contributed by atoms with Gasteiger partial charge in [0.1, 0.15) is 5.82 Å². The maximum absolute atomic E-state index is 13.3. The predicted octanol–water partition coefficient (Wildman–Crippen LogP) is 3.78. The van der Waals surface area contributed by atoms with Crippen LogP contribution in [-0.4, -0.2) is 11.9 Å². The first-order valence-corrected chi connectivity index (χ1v) is 8.80. The van der Waals surface area contributed by atoms with Crippen molar-refractivity contribution in [2.75, 3.05) is 0 Å². The Labute approximate surface area is 151 Å². The molecule has 1 aromatic rings. The van der Waals surface area contributed by atoms with E-state index in [9.17, 15) is 9.18 Å². The molecule has 3 N–H and O–H groups in total. The van der Waals surface area contributed by atoms with Crippen molar-refractivity contribution in [3.8, 4) is 0 Å². The van der Waals surface area contributed by atoms with Gasteiger partial charge in [-0.3, -0.25) is 4.79 Å². The summed E-state index contributed by atoms with van der Waals surface area (Å²) in [7, 11) is 0. The smallest absolute Gasteiger partial charge is 0.223 e. The molecule has 2 bridgehead atoms. The van der Waals surface area contributed by atoms with Crippen molar-refractivity contribution in [1.82, 2.24) is 5.32 Å². The molecule has 128 valence electrons. The molecule has 0 spiro atoms. The summed E-state index contributed by atoms with van der Waals surface area (Å²) < 4.78 is 14.0. The Bertz CT molecular complexity index is 537. The van der Waals surface area contributed by atoms with Gasteiger partial charge in [0.05, 0.1) is 0 Å². The number of hydrogen-bond acceptors (Lipinski definition) is 2. The Balaban J connectivity index is 0.00000192. The number of carbonyl (C=O) groups is 1. The zero-order chi connectivity index (χ0) is 15.7. The lowest BCUT2D eigenvalue weighted by molar-refractivity contribution is -0.128. The molecule has 2 unspecified atom stereocenters. The molecule has 0 aliphatic heterocycles. The highest BCUT2D eigenvalue weighted by Crippen LogP contribution is 2.41. The molecule has 2 saturated carbocycles. The van der Waals surface area contributed by atoms with Crippen LogP contribution in [0.4, 0.5) is 4.39 Å². The minimum atomic E-state index is -0.295. The van der Waals surface area contributed by atoms with Crippen LogP contribution in [0, 0.1) is 23.6 Å². The first kappa shape index (κ1) is 18.7. The zero-order valence-electron chi connectivity index (χ0n) is 12.9. The highest BCUT2D eigenvalue weighted by atomic mass is 79.9. The van der Waals surface area contributed by atoms with Gasteiger partial charge in [0.25, 0.3) is 0 Å². The first-order chi connectivity index (χ1) is 10.5. The molecule has 23 heavy (non-hydrogen) atoms. The Morgan fingerprint density at radius 1 is 1.26 bits per heavy atom. The second-order valence-electron chi connectivity index (χ2n) is 6.69. The third kappa shape index (κ3) is 4.46. The van der Waals surface area contributed by atoms with E-state index < -0.39 is 0 Å². The largest absolute Gasteiger partial charge is 0.352 e. The van der Waals surface area contributed by atoms with Crippen molar-refractivity contribution in [2.24, 2.45) is 23.5 Å². The van der Waals surface area contributed by atoms with E-state index in [-0.39, 0.29) is 36.1 Å². The molecule has 2 atom stereocenters. The number of halogens is 3. The van der Waals surface area contributed by atoms with Gasteiger partial charge >= 0.3 is 0 Å². The number of benzene rings is 1. The number of fused-ring (bicyclic) bond motifs is 2. The molecule has 2 aliphatic carbocycles. The summed E-state index contributed by atoms with van der Waals surface area (Å²) in [6.07, 6.45) is 5.35. The summed E-state index contributed by atoms with van der Waals surface area (Å²) in [6.45, 7) is 0.368. The Morgan fingerprint density at radius 3 is 2.52 bits per heavy atom. The summed E-state index contributed by atoms with van der Waals surface area (Å²) in [5.41, 5.74) is 7.04. The monoisotopic (exact) mass is 404 g/mol. The lowest BCUT2D eigenvalue weighted by Gasteiger charge is -2.43. The Morgan fingerprint density at radius 2 is 1.91 bits per heavy atom. The van der Waals surface area contributed by atoms with Crippen LogP contribution < -0.4 is 11.1 Å². The first-order valence-electron chi connectivity index (χ1n) is 8.01. The van der Waals surface area contributed by atoms with E-state index in [2.05, 4.69) is 21.2 Å². The molecule has 1 amide bonds. The second-order valence-corrected chi connectivity index (χ2v) is 7.61. The van der Waals surface area contributed by atoms with E-state index in [0.29, 0.717) is 22.9 Å². The fraction of sp³-hybridized carbons (Fsp3) is 0.588. The average molecular weight is 406 g/mol. The zero-order valence-corrected chi connectivity index (χ0v) is 15.3. The third-order valence-electron chi connectivity index (χ3n) is 5.17. The maximum atomic E-state index is 13.3. The van der Waals surface area contributed by atoms with Gasteiger partial charge in [-0.05, 0) is 61.3 Å². The summed E-state index contributed by atoms with van der Waals surface area (Å²) >= 11 is 3.27. The van der Waals surface area contributed by atoms with Gasteiger partial charge < -0.3 is 11.1 Å². The molecule has 0 aromatic heterocycles. The van der Waals surface area contributed by atoms with Crippen LogP contribution in [-0.2, 0) is 11.3 Å². The minimum absolute atomic E-state index is 0. The molecular weight excluding hydrogens is 383 g/mol. The van der Waals surface area contributed by atoms with Crippen molar-refractivity contribution in [1.29, 1.82) is 0 Å². The molecule has 2 fully saturated rings. The van der Waals surface area contributed by atoms with Gasteiger partial charge in [-0.15, -0.1) is 12.4 Å². The van der Waals surface area contributed by atoms with E-state index in [0.717, 1.165) is 31.2 Å². The van der Waals surface area contributed by atoms with Gasteiger partial charge in [-0.25, -0.2) is 4.39 Å². The third-order valence-corrected chi connectivity index (χ3v) is 5.63. The standard InChI is InChI=1S/C17H22BrFN2O.ClH/c18-14-4-10(5-15(19)8-14)9-21-17(22)13-6-11-2-1-3-12(7-13)16(11)20;/h4-5,8,11-13,16H,1-3,6-7,9,20H2,(H,21,22);1H. The van der Waals surface area contributed by atoms with Crippen LogP contribution in [0.15, 0.2) is 22.7 Å². The minimum Gasteiger partial charge on any atom is -0.352 e. The van der Waals surface area contributed by atoms with Crippen LogP contribution >= 0.6 is 28.3 Å². The number of hydrogen-bond donors (Lipinski definition) is 2. The molecule has 0 saturated heterocycles. The predicted molar refractivity (Wildman–Crippen MR) is 94.7 cm³/mol. The molecule has 0 heterocycles. The summed E-state index contributed by atoms with van der Waals surface area (Å²) in [4.78, 5) is 12.4. The normalized spacial score (nSPS) is 29.5.